The summed E-state index contributed by atoms with van der Waals surface area (Å²) in [4.78, 5) is 0. The summed E-state index contributed by atoms with van der Waals surface area (Å²) >= 11 is 12.3. The topological polar surface area (TPSA) is 0 Å². The van der Waals surface area contributed by atoms with Crippen LogP contribution in [0.25, 0.3) is 0 Å². The largest absolute Gasteiger partial charge is 0.251 e. The van der Waals surface area contributed by atoms with Gasteiger partial charge in [-0.15, -0.1) is 22.2 Å². The van der Waals surface area contributed by atoms with E-state index in [0.717, 1.165) is 6.42 Å². The van der Waals surface area contributed by atoms with Gasteiger partial charge in [0.05, 0.1) is 0 Å². The van der Waals surface area contributed by atoms with Gasteiger partial charge in [-0.2, -0.15) is 0 Å². The normalized spacial score (nSPS) is 14.2. The van der Waals surface area contributed by atoms with E-state index in [1.807, 2.05) is 24.7 Å². The minimum absolute atomic E-state index is 0.401. The molecule has 0 fully saturated rings. The fraction of sp³-hybridized carbons (Fsp3) is 0.400. The average Bonchev–Trinajstić information content (AvgIpc) is 2.04. The zero-order valence-electron chi connectivity index (χ0n) is 7.93. The molecule has 0 N–H and O–H groups in total. The molecule has 0 nitrogen and oxygen atoms in total. The maximum atomic E-state index is 6.14. The van der Waals surface area contributed by atoms with Crippen LogP contribution < -0.4 is 0 Å². The van der Waals surface area contributed by atoms with E-state index < -0.39 is 6.69 Å². The molecule has 0 unspecified atom stereocenters. The molecule has 0 spiro atoms. The second-order valence-corrected chi connectivity index (χ2v) is 11.7. The molecule has 3 heteroatoms. The van der Waals surface area contributed by atoms with Crippen molar-refractivity contribution >= 4 is 28.9 Å². The number of halogens is 2. The van der Waals surface area contributed by atoms with Crippen molar-refractivity contribution < 1.29 is 0 Å². The summed E-state index contributed by atoms with van der Waals surface area (Å²) < 4.78 is 0. The number of hydrogen-bond donors (Lipinski definition) is 0. The van der Waals surface area contributed by atoms with Gasteiger partial charge in [0.25, 0.3) is 6.69 Å². The standard InChI is InChI=1S/C10H14Cl2Si/c1-9(13(2,11)12)8-10-6-4-3-5-7-10/h3-7,9H,8H2,1-2H3/t9-/m0/s1. The summed E-state index contributed by atoms with van der Waals surface area (Å²) in [6.45, 7) is 2.10. The van der Waals surface area contributed by atoms with Crippen LogP contribution in [0.5, 0.6) is 0 Å². The molecule has 0 saturated carbocycles. The van der Waals surface area contributed by atoms with Crippen molar-refractivity contribution in [1.29, 1.82) is 0 Å². The highest BCUT2D eigenvalue weighted by Gasteiger charge is 2.29. The van der Waals surface area contributed by atoms with Gasteiger partial charge in [0.15, 0.2) is 0 Å². The van der Waals surface area contributed by atoms with Crippen molar-refractivity contribution in [2.24, 2.45) is 0 Å². The third-order valence-electron chi connectivity index (χ3n) is 2.25. The molecule has 1 aromatic carbocycles. The molecule has 1 rings (SSSR count). The van der Waals surface area contributed by atoms with Crippen molar-refractivity contribution in [3.8, 4) is 0 Å². The van der Waals surface area contributed by atoms with Crippen LogP contribution in [-0.4, -0.2) is 6.69 Å². The molecule has 13 heavy (non-hydrogen) atoms. The fourth-order valence-electron chi connectivity index (χ4n) is 1.15. The maximum absolute atomic E-state index is 6.14. The van der Waals surface area contributed by atoms with E-state index in [4.69, 9.17) is 22.2 Å². The molecular formula is C10H14Cl2Si. The molecule has 0 aromatic heterocycles. The van der Waals surface area contributed by atoms with Gasteiger partial charge in [0.2, 0.25) is 0 Å². The van der Waals surface area contributed by atoms with Gasteiger partial charge in [-0.25, -0.2) is 0 Å². The third kappa shape index (κ3) is 3.71. The maximum Gasteiger partial charge on any atom is 0.251 e. The Bertz CT molecular complexity index is 253. The average molecular weight is 233 g/mol. The second-order valence-electron chi connectivity index (χ2n) is 3.55. The van der Waals surface area contributed by atoms with Crippen molar-refractivity contribution in [2.45, 2.75) is 25.4 Å². The van der Waals surface area contributed by atoms with Crippen molar-refractivity contribution in [1.82, 2.24) is 0 Å². The first-order chi connectivity index (χ1) is 6.00. The van der Waals surface area contributed by atoms with E-state index in [9.17, 15) is 0 Å². The zero-order valence-corrected chi connectivity index (χ0v) is 10.4. The molecule has 0 amide bonds. The summed E-state index contributed by atoms with van der Waals surface area (Å²) in [6, 6.07) is 10.3. The monoisotopic (exact) mass is 232 g/mol. The molecule has 0 radical (unpaired) electrons. The SMILES string of the molecule is C[C@@H](Cc1ccccc1)[Si](C)(Cl)Cl. The molecule has 0 heterocycles. The minimum atomic E-state index is -2.00. The first-order valence-corrected chi connectivity index (χ1v) is 9.02. The highest BCUT2D eigenvalue weighted by Crippen LogP contribution is 2.31. The predicted octanol–water partition coefficient (Wildman–Crippen LogP) is 4.17. The van der Waals surface area contributed by atoms with Gasteiger partial charge in [0, 0.05) is 0 Å². The first-order valence-electron chi connectivity index (χ1n) is 4.42. The molecule has 0 aliphatic carbocycles. The lowest BCUT2D eigenvalue weighted by atomic mass is 10.1. The highest BCUT2D eigenvalue weighted by atomic mass is 35.7. The predicted molar refractivity (Wildman–Crippen MR) is 62.9 cm³/mol. The Morgan fingerprint density at radius 3 is 2.23 bits per heavy atom. The Morgan fingerprint density at radius 1 is 1.23 bits per heavy atom. The number of benzene rings is 1. The van der Waals surface area contributed by atoms with Crippen LogP contribution >= 0.6 is 22.2 Å². The molecule has 0 aliphatic heterocycles. The molecular weight excluding hydrogens is 219 g/mol. The quantitative estimate of drug-likeness (QED) is 0.543. The zero-order chi connectivity index (χ0) is 9.90. The Hall–Kier alpha value is 0.0169. The smallest absolute Gasteiger partial charge is 0.146 e. The first kappa shape index (κ1) is 11.1. The molecule has 1 atom stereocenters. The van der Waals surface area contributed by atoms with Crippen molar-refractivity contribution in [3.05, 3.63) is 35.9 Å². The molecule has 72 valence electrons. The van der Waals surface area contributed by atoms with Gasteiger partial charge in [0.1, 0.15) is 0 Å². The lowest BCUT2D eigenvalue weighted by Gasteiger charge is -2.19. The van der Waals surface area contributed by atoms with Gasteiger partial charge in [-0.05, 0) is 24.1 Å². The van der Waals surface area contributed by atoms with Gasteiger partial charge >= 0.3 is 0 Å². The van der Waals surface area contributed by atoms with E-state index >= 15 is 0 Å². The molecule has 0 aliphatic rings. The van der Waals surface area contributed by atoms with Gasteiger partial charge in [-0.3, -0.25) is 0 Å². The molecule has 0 saturated heterocycles. The number of hydrogen-bond acceptors (Lipinski definition) is 0. The van der Waals surface area contributed by atoms with E-state index in [0.29, 0.717) is 5.54 Å². The summed E-state index contributed by atoms with van der Waals surface area (Å²) in [5.74, 6) is 0. The summed E-state index contributed by atoms with van der Waals surface area (Å²) in [5.41, 5.74) is 1.72. The Kier molecular flexibility index (Phi) is 3.83. The van der Waals surface area contributed by atoms with Gasteiger partial charge in [-0.1, -0.05) is 37.3 Å². The minimum Gasteiger partial charge on any atom is -0.146 e. The Morgan fingerprint density at radius 2 is 1.77 bits per heavy atom. The summed E-state index contributed by atoms with van der Waals surface area (Å²) in [6.07, 6.45) is 0.983. The highest BCUT2D eigenvalue weighted by molar-refractivity contribution is 7.45. The van der Waals surface area contributed by atoms with Crippen LogP contribution in [0.1, 0.15) is 12.5 Å². The lowest BCUT2D eigenvalue weighted by molar-refractivity contribution is 0.896. The van der Waals surface area contributed by atoms with Crippen LogP contribution in [0.15, 0.2) is 30.3 Å². The van der Waals surface area contributed by atoms with Crippen LogP contribution in [0.3, 0.4) is 0 Å². The molecule has 1 aromatic rings. The van der Waals surface area contributed by atoms with Crippen LogP contribution in [-0.2, 0) is 6.42 Å². The second kappa shape index (κ2) is 4.49. The summed E-state index contributed by atoms with van der Waals surface area (Å²) in [7, 11) is 0. The Labute approximate surface area is 90.3 Å². The third-order valence-corrected chi connectivity index (χ3v) is 6.42. The summed E-state index contributed by atoms with van der Waals surface area (Å²) in [5, 5.41) is 0. The van der Waals surface area contributed by atoms with Crippen LogP contribution in [0, 0.1) is 0 Å². The van der Waals surface area contributed by atoms with E-state index in [1.165, 1.54) is 5.56 Å². The molecule has 0 bridgehead atoms. The number of rotatable bonds is 3. The van der Waals surface area contributed by atoms with Gasteiger partial charge < -0.3 is 0 Å². The van der Waals surface area contributed by atoms with Crippen molar-refractivity contribution in [3.63, 3.8) is 0 Å². The van der Waals surface area contributed by atoms with Crippen LogP contribution in [0.2, 0.25) is 12.1 Å². The Balaban J connectivity index is 2.61. The van der Waals surface area contributed by atoms with E-state index in [2.05, 4.69) is 19.1 Å². The van der Waals surface area contributed by atoms with E-state index in [-0.39, 0.29) is 0 Å². The van der Waals surface area contributed by atoms with Crippen LogP contribution in [0.4, 0.5) is 0 Å². The fourth-order valence-corrected chi connectivity index (χ4v) is 2.20. The lowest BCUT2D eigenvalue weighted by Crippen LogP contribution is -2.21. The van der Waals surface area contributed by atoms with Crippen molar-refractivity contribution in [2.75, 3.05) is 0 Å². The van der Waals surface area contributed by atoms with E-state index in [1.54, 1.807) is 0 Å².